The van der Waals surface area contributed by atoms with E-state index in [9.17, 15) is 4.39 Å². The number of nitrogens with zero attached hydrogens (tertiary/aromatic N) is 3. The molecule has 5 heteroatoms. The van der Waals surface area contributed by atoms with Crippen LogP contribution in [0.5, 0.6) is 0 Å². The maximum absolute atomic E-state index is 13.4. The van der Waals surface area contributed by atoms with Gasteiger partial charge in [0.25, 0.3) is 0 Å². The van der Waals surface area contributed by atoms with Gasteiger partial charge in [-0.2, -0.15) is 0 Å². The van der Waals surface area contributed by atoms with Crippen molar-refractivity contribution < 1.29 is 9.50 Å². The van der Waals surface area contributed by atoms with Gasteiger partial charge >= 0.3 is 0 Å². The molecule has 1 aliphatic heterocycles. The Hall–Kier alpha value is -1.75. The molecule has 1 fully saturated rings. The lowest BCUT2D eigenvalue weighted by Gasteiger charge is -2.32. The van der Waals surface area contributed by atoms with E-state index < -0.39 is 0 Å². The number of anilines is 1. The lowest BCUT2D eigenvalue weighted by atomic mass is 9.98. The van der Waals surface area contributed by atoms with Crippen LogP contribution in [0.3, 0.4) is 0 Å². The van der Waals surface area contributed by atoms with Gasteiger partial charge in [-0.15, -0.1) is 0 Å². The molecule has 100 valence electrons. The average molecular weight is 261 g/mol. The molecule has 4 nitrogen and oxygen atoms in total. The molecular weight excluding hydrogens is 245 g/mol. The van der Waals surface area contributed by atoms with E-state index in [4.69, 9.17) is 5.11 Å². The Bertz CT molecular complexity index is 582. The van der Waals surface area contributed by atoms with Crippen LogP contribution < -0.4 is 4.90 Å². The first-order chi connectivity index (χ1) is 9.28. The molecule has 0 spiro atoms. The van der Waals surface area contributed by atoms with Gasteiger partial charge < -0.3 is 10.0 Å². The minimum atomic E-state index is -0.270. The topological polar surface area (TPSA) is 49.2 Å². The highest BCUT2D eigenvalue weighted by Gasteiger charge is 2.21. The third kappa shape index (κ3) is 2.38. The van der Waals surface area contributed by atoms with Crippen LogP contribution in [0.15, 0.2) is 24.5 Å². The molecule has 1 aliphatic rings. The van der Waals surface area contributed by atoms with Gasteiger partial charge in [0, 0.05) is 25.1 Å². The van der Waals surface area contributed by atoms with E-state index in [0.29, 0.717) is 5.92 Å². The van der Waals surface area contributed by atoms with Gasteiger partial charge in [0.1, 0.15) is 18.0 Å². The molecule has 3 rings (SSSR count). The molecule has 0 radical (unpaired) electrons. The number of aliphatic hydroxyl groups is 1. The summed E-state index contributed by atoms with van der Waals surface area (Å²) < 4.78 is 13.4. The molecule has 2 aromatic rings. The highest BCUT2D eigenvalue weighted by atomic mass is 19.1. The van der Waals surface area contributed by atoms with Crippen molar-refractivity contribution in [3.63, 3.8) is 0 Å². The van der Waals surface area contributed by atoms with Crippen molar-refractivity contribution >= 4 is 16.7 Å². The van der Waals surface area contributed by atoms with Crippen LogP contribution in [0.2, 0.25) is 0 Å². The van der Waals surface area contributed by atoms with Crippen LogP contribution in [-0.4, -0.2) is 34.8 Å². The molecule has 1 saturated heterocycles. The van der Waals surface area contributed by atoms with Gasteiger partial charge in [-0.1, -0.05) is 0 Å². The first-order valence-electron chi connectivity index (χ1n) is 6.54. The van der Waals surface area contributed by atoms with Crippen LogP contribution in [0.4, 0.5) is 10.2 Å². The standard InChI is InChI=1S/C14H16FN3O/c15-11-1-2-13-12(7-11)14(17-9-16-13)18-5-3-10(8-19)4-6-18/h1-2,7,9-10,19H,3-6,8H2. The minimum Gasteiger partial charge on any atom is -0.396 e. The SMILES string of the molecule is OCC1CCN(c2ncnc3ccc(F)cc23)CC1. The molecule has 0 amide bonds. The first kappa shape index (κ1) is 12.3. The van der Waals surface area contributed by atoms with Crippen molar-refractivity contribution in [2.45, 2.75) is 12.8 Å². The fourth-order valence-electron chi connectivity index (χ4n) is 2.59. The number of rotatable bonds is 2. The second-order valence-corrected chi connectivity index (χ2v) is 4.97. The number of aliphatic hydroxyl groups excluding tert-OH is 1. The highest BCUT2D eigenvalue weighted by molar-refractivity contribution is 5.89. The Labute approximate surface area is 110 Å². The van der Waals surface area contributed by atoms with Crippen molar-refractivity contribution in [3.05, 3.63) is 30.3 Å². The summed E-state index contributed by atoms with van der Waals surface area (Å²) in [5, 5.41) is 9.92. The first-order valence-corrected chi connectivity index (χ1v) is 6.54. The molecule has 0 bridgehead atoms. The van der Waals surface area contributed by atoms with E-state index in [1.165, 1.54) is 18.5 Å². The lowest BCUT2D eigenvalue weighted by molar-refractivity contribution is 0.203. The van der Waals surface area contributed by atoms with Gasteiger partial charge in [0.15, 0.2) is 0 Å². The van der Waals surface area contributed by atoms with Crippen molar-refractivity contribution in [2.75, 3.05) is 24.6 Å². The molecule has 0 saturated carbocycles. The van der Waals surface area contributed by atoms with Gasteiger partial charge in [-0.25, -0.2) is 14.4 Å². The molecule has 1 N–H and O–H groups in total. The summed E-state index contributed by atoms with van der Waals surface area (Å²) in [4.78, 5) is 10.6. The van der Waals surface area contributed by atoms with E-state index in [2.05, 4.69) is 14.9 Å². The van der Waals surface area contributed by atoms with Crippen LogP contribution in [0.25, 0.3) is 10.9 Å². The van der Waals surface area contributed by atoms with Gasteiger partial charge in [0.2, 0.25) is 0 Å². The summed E-state index contributed by atoms with van der Waals surface area (Å²) in [5.41, 5.74) is 0.760. The maximum Gasteiger partial charge on any atom is 0.139 e. The zero-order valence-electron chi connectivity index (χ0n) is 10.6. The summed E-state index contributed by atoms with van der Waals surface area (Å²) in [5.74, 6) is 0.899. The van der Waals surface area contributed by atoms with Crippen molar-refractivity contribution in [1.29, 1.82) is 0 Å². The Kier molecular flexibility index (Phi) is 3.29. The van der Waals surface area contributed by atoms with Crippen molar-refractivity contribution in [3.8, 4) is 0 Å². The number of halogens is 1. The van der Waals surface area contributed by atoms with Gasteiger partial charge in [-0.05, 0) is 37.0 Å². The molecular formula is C14H16FN3O. The number of hydrogen-bond donors (Lipinski definition) is 1. The zero-order valence-corrected chi connectivity index (χ0v) is 10.6. The minimum absolute atomic E-state index is 0.243. The summed E-state index contributed by atoms with van der Waals surface area (Å²) in [6.07, 6.45) is 3.41. The van der Waals surface area contributed by atoms with E-state index in [0.717, 1.165) is 42.7 Å². The van der Waals surface area contributed by atoms with E-state index in [1.807, 2.05) is 0 Å². The maximum atomic E-state index is 13.4. The number of aromatic nitrogens is 2. The zero-order chi connectivity index (χ0) is 13.2. The predicted molar refractivity (Wildman–Crippen MR) is 71.5 cm³/mol. The van der Waals surface area contributed by atoms with E-state index >= 15 is 0 Å². The van der Waals surface area contributed by atoms with Crippen molar-refractivity contribution in [1.82, 2.24) is 9.97 Å². The Morgan fingerprint density at radius 3 is 2.79 bits per heavy atom. The second kappa shape index (κ2) is 5.09. The second-order valence-electron chi connectivity index (χ2n) is 4.97. The molecule has 1 aromatic heterocycles. The molecule has 0 aliphatic carbocycles. The predicted octanol–water partition coefficient (Wildman–Crippen LogP) is 1.98. The van der Waals surface area contributed by atoms with Gasteiger partial charge in [-0.3, -0.25) is 0 Å². The summed E-state index contributed by atoms with van der Waals surface area (Å²) in [6, 6.07) is 4.58. The van der Waals surface area contributed by atoms with Crippen LogP contribution in [-0.2, 0) is 0 Å². The number of hydrogen-bond acceptors (Lipinski definition) is 4. The third-order valence-electron chi connectivity index (χ3n) is 3.75. The fraction of sp³-hybridized carbons (Fsp3) is 0.429. The number of piperidine rings is 1. The number of benzene rings is 1. The summed E-state index contributed by atoms with van der Waals surface area (Å²) in [7, 11) is 0. The summed E-state index contributed by atoms with van der Waals surface area (Å²) >= 11 is 0. The average Bonchev–Trinajstić information content (AvgIpc) is 2.47. The monoisotopic (exact) mass is 261 g/mol. The summed E-state index contributed by atoms with van der Waals surface area (Å²) in [6.45, 7) is 1.93. The number of fused-ring (bicyclic) bond motifs is 1. The van der Waals surface area contributed by atoms with Crippen molar-refractivity contribution in [2.24, 2.45) is 5.92 Å². The van der Waals surface area contributed by atoms with Crippen LogP contribution in [0.1, 0.15) is 12.8 Å². The van der Waals surface area contributed by atoms with E-state index in [1.54, 1.807) is 6.07 Å². The fourth-order valence-corrected chi connectivity index (χ4v) is 2.59. The quantitative estimate of drug-likeness (QED) is 0.898. The normalized spacial score (nSPS) is 17.1. The Morgan fingerprint density at radius 1 is 1.26 bits per heavy atom. The molecule has 19 heavy (non-hydrogen) atoms. The van der Waals surface area contributed by atoms with E-state index in [-0.39, 0.29) is 12.4 Å². The smallest absolute Gasteiger partial charge is 0.139 e. The van der Waals surface area contributed by atoms with Gasteiger partial charge in [0.05, 0.1) is 5.52 Å². The third-order valence-corrected chi connectivity index (χ3v) is 3.75. The molecule has 0 atom stereocenters. The van der Waals surface area contributed by atoms with Crippen LogP contribution in [0, 0.1) is 11.7 Å². The largest absolute Gasteiger partial charge is 0.396 e. The Balaban J connectivity index is 1.94. The Morgan fingerprint density at radius 2 is 2.05 bits per heavy atom. The molecule has 1 aromatic carbocycles. The lowest BCUT2D eigenvalue weighted by Crippen LogP contribution is -2.35. The highest BCUT2D eigenvalue weighted by Crippen LogP contribution is 2.27. The molecule has 0 unspecified atom stereocenters. The molecule has 2 heterocycles. The van der Waals surface area contributed by atoms with Crippen LogP contribution >= 0.6 is 0 Å².